The predicted octanol–water partition coefficient (Wildman–Crippen LogP) is 1.61. The van der Waals surface area contributed by atoms with Gasteiger partial charge in [-0.25, -0.2) is 9.78 Å². The predicted molar refractivity (Wildman–Crippen MR) is 73.6 cm³/mol. The zero-order valence-electron chi connectivity index (χ0n) is 12.0. The molecule has 1 aromatic heterocycles. The van der Waals surface area contributed by atoms with Gasteiger partial charge in [-0.15, -0.1) is 0 Å². The summed E-state index contributed by atoms with van der Waals surface area (Å²) in [5.41, 5.74) is 6.85. The van der Waals surface area contributed by atoms with E-state index in [0.29, 0.717) is 24.5 Å². The van der Waals surface area contributed by atoms with Crippen molar-refractivity contribution in [2.75, 3.05) is 13.2 Å². The molecule has 0 unspecified atom stereocenters. The molecule has 110 valence electrons. The fourth-order valence-corrected chi connectivity index (χ4v) is 2.36. The van der Waals surface area contributed by atoms with E-state index in [1.54, 1.807) is 13.8 Å². The van der Waals surface area contributed by atoms with Crippen LogP contribution >= 0.6 is 0 Å². The lowest BCUT2D eigenvalue weighted by molar-refractivity contribution is 0.0524. The Hall–Kier alpha value is -1.69. The van der Waals surface area contributed by atoms with Crippen molar-refractivity contribution in [1.29, 1.82) is 0 Å². The van der Waals surface area contributed by atoms with Crippen molar-refractivity contribution < 1.29 is 14.3 Å². The second-order valence-electron chi connectivity index (χ2n) is 5.23. The van der Waals surface area contributed by atoms with E-state index < -0.39 is 5.97 Å². The van der Waals surface area contributed by atoms with E-state index in [-0.39, 0.29) is 11.5 Å². The van der Waals surface area contributed by atoms with Gasteiger partial charge in [0.1, 0.15) is 6.61 Å². The van der Waals surface area contributed by atoms with Crippen molar-refractivity contribution in [1.82, 2.24) is 9.97 Å². The number of esters is 1. The minimum atomic E-state index is -0.414. The van der Waals surface area contributed by atoms with Crippen molar-refractivity contribution in [2.45, 2.75) is 45.1 Å². The molecule has 1 aliphatic rings. The molecule has 1 aliphatic carbocycles. The smallest absolute Gasteiger partial charge is 0.341 e. The highest BCUT2D eigenvalue weighted by Crippen LogP contribution is 2.27. The summed E-state index contributed by atoms with van der Waals surface area (Å²) < 4.78 is 10.5. The molecule has 0 amide bonds. The van der Waals surface area contributed by atoms with Crippen LogP contribution in [0.3, 0.4) is 0 Å². The van der Waals surface area contributed by atoms with E-state index in [9.17, 15) is 4.79 Å². The third kappa shape index (κ3) is 3.45. The lowest BCUT2D eigenvalue weighted by atomic mass is 10.0. The Balaban J connectivity index is 2.00. The first-order chi connectivity index (χ1) is 9.54. The van der Waals surface area contributed by atoms with Crippen molar-refractivity contribution in [3.05, 3.63) is 17.5 Å². The second-order valence-corrected chi connectivity index (χ2v) is 5.23. The summed E-state index contributed by atoms with van der Waals surface area (Å²) in [5.74, 6) is -0.414. The van der Waals surface area contributed by atoms with Gasteiger partial charge in [-0.2, -0.15) is 4.98 Å². The molecule has 1 aromatic rings. The third-order valence-corrected chi connectivity index (χ3v) is 3.54. The van der Waals surface area contributed by atoms with Gasteiger partial charge in [0.2, 0.25) is 0 Å². The van der Waals surface area contributed by atoms with Crippen molar-refractivity contribution >= 4 is 5.97 Å². The van der Waals surface area contributed by atoms with Crippen LogP contribution in [-0.2, 0) is 4.74 Å². The number of carbonyl (C=O) groups is 1. The summed E-state index contributed by atoms with van der Waals surface area (Å²) in [6.07, 6.45) is 5.65. The molecular formula is C14H21N3O3. The number of hydrogen-bond donors (Lipinski definition) is 1. The topological polar surface area (TPSA) is 87.3 Å². The van der Waals surface area contributed by atoms with E-state index in [2.05, 4.69) is 9.97 Å². The Labute approximate surface area is 118 Å². The van der Waals surface area contributed by atoms with Gasteiger partial charge >= 0.3 is 12.0 Å². The van der Waals surface area contributed by atoms with E-state index in [1.165, 1.54) is 6.20 Å². The number of carbonyl (C=O) groups excluding carboxylic acids is 1. The fraction of sp³-hybridized carbons (Fsp3) is 0.643. The van der Waals surface area contributed by atoms with Crippen LogP contribution < -0.4 is 10.5 Å². The zero-order chi connectivity index (χ0) is 14.6. The quantitative estimate of drug-likeness (QED) is 0.824. The largest absolute Gasteiger partial charge is 0.462 e. The minimum absolute atomic E-state index is 0.257. The normalized spacial score (nSPS) is 16.9. The number of nitrogens with zero attached hydrogens (tertiary/aromatic N) is 2. The van der Waals surface area contributed by atoms with Crippen LogP contribution in [0.25, 0.3) is 0 Å². The Kier molecular flexibility index (Phi) is 4.54. The Morgan fingerprint density at radius 3 is 2.75 bits per heavy atom. The summed E-state index contributed by atoms with van der Waals surface area (Å²) in [6.45, 7) is 4.22. The molecule has 0 aliphatic heterocycles. The number of rotatable bonds is 5. The van der Waals surface area contributed by atoms with E-state index >= 15 is 0 Å². The van der Waals surface area contributed by atoms with Gasteiger partial charge in [-0.1, -0.05) is 12.8 Å². The maximum atomic E-state index is 11.6. The third-order valence-electron chi connectivity index (χ3n) is 3.54. The molecule has 6 heteroatoms. The number of aryl methyl sites for hydroxylation is 1. The van der Waals surface area contributed by atoms with E-state index in [1.807, 2.05) is 0 Å². The van der Waals surface area contributed by atoms with E-state index in [0.717, 1.165) is 25.7 Å². The van der Waals surface area contributed by atoms with Gasteiger partial charge in [0.25, 0.3) is 0 Å². The van der Waals surface area contributed by atoms with Crippen LogP contribution in [0.4, 0.5) is 0 Å². The number of aromatic nitrogens is 2. The number of nitrogens with two attached hydrogens (primary N) is 1. The van der Waals surface area contributed by atoms with Crippen molar-refractivity contribution in [3.8, 4) is 6.01 Å². The SMILES string of the molecule is CCOC(=O)c1cnc(OCC2(N)CCCC2)nc1C. The van der Waals surface area contributed by atoms with Gasteiger partial charge in [0.05, 0.1) is 23.4 Å². The van der Waals surface area contributed by atoms with Crippen molar-refractivity contribution in [2.24, 2.45) is 5.73 Å². The molecule has 0 bridgehead atoms. The first-order valence-corrected chi connectivity index (χ1v) is 6.96. The van der Waals surface area contributed by atoms with Crippen LogP contribution in [0.15, 0.2) is 6.20 Å². The summed E-state index contributed by atoms with van der Waals surface area (Å²) in [7, 11) is 0. The molecule has 2 N–H and O–H groups in total. The maximum Gasteiger partial charge on any atom is 0.341 e. The van der Waals surface area contributed by atoms with Gasteiger partial charge < -0.3 is 15.2 Å². The molecule has 0 saturated heterocycles. The summed E-state index contributed by atoms with van der Waals surface area (Å²) in [5, 5.41) is 0. The van der Waals surface area contributed by atoms with Crippen LogP contribution in [0.1, 0.15) is 48.7 Å². The van der Waals surface area contributed by atoms with Crippen molar-refractivity contribution in [3.63, 3.8) is 0 Å². The molecule has 2 rings (SSSR count). The summed E-state index contributed by atoms with van der Waals surface area (Å²) in [4.78, 5) is 19.9. The van der Waals surface area contributed by atoms with E-state index in [4.69, 9.17) is 15.2 Å². The first kappa shape index (κ1) is 14.7. The Bertz CT molecular complexity index is 485. The molecule has 1 heterocycles. The molecule has 0 aromatic carbocycles. The van der Waals surface area contributed by atoms with Crippen LogP contribution in [0.5, 0.6) is 6.01 Å². The van der Waals surface area contributed by atoms with Gasteiger partial charge in [0, 0.05) is 6.20 Å². The molecular weight excluding hydrogens is 258 g/mol. The molecule has 6 nitrogen and oxygen atoms in total. The van der Waals surface area contributed by atoms with Crippen LogP contribution in [0.2, 0.25) is 0 Å². The average Bonchev–Trinajstić information content (AvgIpc) is 2.84. The Morgan fingerprint density at radius 2 is 2.15 bits per heavy atom. The summed E-state index contributed by atoms with van der Waals surface area (Å²) >= 11 is 0. The molecule has 0 radical (unpaired) electrons. The molecule has 0 spiro atoms. The van der Waals surface area contributed by atoms with Gasteiger partial charge in [-0.3, -0.25) is 0 Å². The highest BCUT2D eigenvalue weighted by Gasteiger charge is 2.30. The second kappa shape index (κ2) is 6.17. The monoisotopic (exact) mass is 279 g/mol. The highest BCUT2D eigenvalue weighted by atomic mass is 16.5. The van der Waals surface area contributed by atoms with Crippen LogP contribution in [0, 0.1) is 6.92 Å². The highest BCUT2D eigenvalue weighted by molar-refractivity contribution is 5.90. The molecule has 1 fully saturated rings. The summed E-state index contributed by atoms with van der Waals surface area (Å²) in [6, 6.07) is 0.257. The lowest BCUT2D eigenvalue weighted by Gasteiger charge is -2.22. The molecule has 1 saturated carbocycles. The van der Waals surface area contributed by atoms with Crippen LogP contribution in [-0.4, -0.2) is 34.7 Å². The Morgan fingerprint density at radius 1 is 1.45 bits per heavy atom. The fourth-order valence-electron chi connectivity index (χ4n) is 2.36. The number of hydrogen-bond acceptors (Lipinski definition) is 6. The standard InChI is InChI=1S/C14H21N3O3/c1-3-19-12(18)11-8-16-13(17-10(11)2)20-9-14(15)6-4-5-7-14/h8H,3-7,9,15H2,1-2H3. The first-order valence-electron chi connectivity index (χ1n) is 6.96. The molecule has 0 atom stereocenters. The van der Waals surface area contributed by atoms with Gasteiger partial charge in [-0.05, 0) is 26.7 Å². The zero-order valence-corrected chi connectivity index (χ0v) is 12.0. The molecule has 20 heavy (non-hydrogen) atoms. The average molecular weight is 279 g/mol. The number of ether oxygens (including phenoxy) is 2. The minimum Gasteiger partial charge on any atom is -0.462 e. The lowest BCUT2D eigenvalue weighted by Crippen LogP contribution is -2.42. The van der Waals surface area contributed by atoms with Gasteiger partial charge in [0.15, 0.2) is 0 Å². The maximum absolute atomic E-state index is 11.6.